The van der Waals surface area contributed by atoms with Gasteiger partial charge in [0.15, 0.2) is 5.76 Å². The van der Waals surface area contributed by atoms with E-state index in [1.165, 1.54) is 16.8 Å². The van der Waals surface area contributed by atoms with Crippen LogP contribution in [0.3, 0.4) is 0 Å². The molecule has 0 amide bonds. The number of hydrogen-bond acceptors (Lipinski definition) is 4. The van der Waals surface area contributed by atoms with Crippen LogP contribution >= 0.6 is 0 Å². The van der Waals surface area contributed by atoms with E-state index in [-0.39, 0.29) is 0 Å². The molecule has 1 aromatic heterocycles. The lowest BCUT2D eigenvalue weighted by atomic mass is 10.1. The molecule has 3 rings (SSSR count). The van der Waals surface area contributed by atoms with Gasteiger partial charge in [-0.25, -0.2) is 0 Å². The second kappa shape index (κ2) is 4.82. The number of hydrogen-bond donors (Lipinski definition) is 2. The van der Waals surface area contributed by atoms with Crippen LogP contribution in [0.15, 0.2) is 28.8 Å². The first kappa shape index (κ1) is 11.3. The fourth-order valence-electron chi connectivity index (χ4n) is 2.38. The molecule has 2 heterocycles. The summed E-state index contributed by atoms with van der Waals surface area (Å²) in [5.41, 5.74) is 4.97. The summed E-state index contributed by atoms with van der Waals surface area (Å²) in [6.45, 7) is 4.54. The quantitative estimate of drug-likeness (QED) is 0.864. The van der Waals surface area contributed by atoms with Crippen molar-refractivity contribution in [3.8, 4) is 0 Å². The van der Waals surface area contributed by atoms with Crippen molar-refractivity contribution in [1.82, 2.24) is 10.5 Å². The maximum Gasteiger partial charge on any atom is 0.150 e. The molecule has 1 aromatic carbocycles. The fraction of sp³-hybridized carbons (Fsp3) is 0.357. The van der Waals surface area contributed by atoms with Crippen molar-refractivity contribution in [1.29, 1.82) is 0 Å². The summed E-state index contributed by atoms with van der Waals surface area (Å²) >= 11 is 0. The Bertz CT molecular complexity index is 548. The molecule has 0 unspecified atom stereocenters. The SMILES string of the molecule is Cc1cc(CNCc2cccc3c2NCC3)on1. The smallest absolute Gasteiger partial charge is 0.150 e. The van der Waals surface area contributed by atoms with Crippen LogP contribution in [-0.4, -0.2) is 11.7 Å². The van der Waals surface area contributed by atoms with Gasteiger partial charge < -0.3 is 15.2 Å². The molecule has 2 N–H and O–H groups in total. The lowest BCUT2D eigenvalue weighted by Crippen LogP contribution is -2.13. The molecule has 0 atom stereocenters. The van der Waals surface area contributed by atoms with E-state index in [2.05, 4.69) is 34.0 Å². The van der Waals surface area contributed by atoms with Gasteiger partial charge in [0.05, 0.1) is 12.2 Å². The van der Waals surface area contributed by atoms with E-state index < -0.39 is 0 Å². The highest BCUT2D eigenvalue weighted by molar-refractivity contribution is 5.61. The first-order valence-electron chi connectivity index (χ1n) is 6.30. The Morgan fingerprint density at radius 1 is 1.39 bits per heavy atom. The Hall–Kier alpha value is -1.81. The van der Waals surface area contributed by atoms with Gasteiger partial charge in [0.25, 0.3) is 0 Å². The number of para-hydroxylation sites is 1. The van der Waals surface area contributed by atoms with Crippen molar-refractivity contribution in [3.05, 3.63) is 46.8 Å². The standard InChI is InChI=1S/C14H17N3O/c1-10-7-13(18-17-10)9-15-8-12-4-2-3-11-5-6-16-14(11)12/h2-4,7,15-16H,5-6,8-9H2,1H3. The largest absolute Gasteiger partial charge is 0.384 e. The van der Waals surface area contributed by atoms with Crippen LogP contribution in [0.5, 0.6) is 0 Å². The Kier molecular flexibility index (Phi) is 3.02. The minimum atomic E-state index is 0.713. The summed E-state index contributed by atoms with van der Waals surface area (Å²) in [6, 6.07) is 8.44. The van der Waals surface area contributed by atoms with E-state index in [1.54, 1.807) is 0 Å². The van der Waals surface area contributed by atoms with Gasteiger partial charge in [-0.2, -0.15) is 0 Å². The van der Waals surface area contributed by atoms with Crippen LogP contribution in [0.25, 0.3) is 0 Å². The Morgan fingerprint density at radius 2 is 2.33 bits per heavy atom. The van der Waals surface area contributed by atoms with Crippen LogP contribution in [-0.2, 0) is 19.5 Å². The summed E-state index contributed by atoms with van der Waals surface area (Å²) in [6.07, 6.45) is 1.13. The van der Waals surface area contributed by atoms with Gasteiger partial charge in [-0.15, -0.1) is 0 Å². The predicted molar refractivity (Wildman–Crippen MR) is 70.4 cm³/mol. The van der Waals surface area contributed by atoms with Gasteiger partial charge >= 0.3 is 0 Å². The van der Waals surface area contributed by atoms with E-state index in [0.29, 0.717) is 6.54 Å². The molecule has 0 spiro atoms. The van der Waals surface area contributed by atoms with E-state index in [9.17, 15) is 0 Å². The molecule has 18 heavy (non-hydrogen) atoms. The molecule has 1 aliphatic heterocycles. The summed E-state index contributed by atoms with van der Waals surface area (Å²) in [5, 5.41) is 10.7. The summed E-state index contributed by atoms with van der Waals surface area (Å²) in [7, 11) is 0. The van der Waals surface area contributed by atoms with Crippen LogP contribution in [0.1, 0.15) is 22.6 Å². The van der Waals surface area contributed by atoms with E-state index in [0.717, 1.165) is 31.0 Å². The van der Waals surface area contributed by atoms with Crippen LogP contribution < -0.4 is 10.6 Å². The average Bonchev–Trinajstić information content (AvgIpc) is 2.98. The Labute approximate surface area is 106 Å². The number of aromatic nitrogens is 1. The maximum absolute atomic E-state index is 5.17. The van der Waals surface area contributed by atoms with Gasteiger partial charge in [0, 0.05) is 24.8 Å². The summed E-state index contributed by atoms with van der Waals surface area (Å²) in [4.78, 5) is 0. The Balaban J connectivity index is 1.62. The topological polar surface area (TPSA) is 50.1 Å². The van der Waals surface area contributed by atoms with Gasteiger partial charge in [-0.3, -0.25) is 0 Å². The number of anilines is 1. The monoisotopic (exact) mass is 243 g/mol. The second-order valence-corrected chi connectivity index (χ2v) is 4.67. The van der Waals surface area contributed by atoms with Crippen LogP contribution in [0, 0.1) is 6.92 Å². The maximum atomic E-state index is 5.17. The van der Waals surface area contributed by atoms with Crippen LogP contribution in [0.2, 0.25) is 0 Å². The highest BCUT2D eigenvalue weighted by Gasteiger charge is 2.13. The number of nitrogens with one attached hydrogen (secondary N) is 2. The molecular weight excluding hydrogens is 226 g/mol. The zero-order valence-electron chi connectivity index (χ0n) is 10.5. The molecular formula is C14H17N3O. The number of nitrogens with zero attached hydrogens (tertiary/aromatic N) is 1. The summed E-state index contributed by atoms with van der Waals surface area (Å²) in [5.74, 6) is 0.882. The van der Waals surface area contributed by atoms with E-state index in [4.69, 9.17) is 4.52 Å². The minimum Gasteiger partial charge on any atom is -0.384 e. The lowest BCUT2D eigenvalue weighted by molar-refractivity contribution is 0.369. The normalized spacial score (nSPS) is 13.4. The van der Waals surface area contributed by atoms with Gasteiger partial charge in [-0.1, -0.05) is 23.4 Å². The van der Waals surface area contributed by atoms with Gasteiger partial charge in [0.2, 0.25) is 0 Å². The minimum absolute atomic E-state index is 0.713. The molecule has 4 heteroatoms. The third-order valence-electron chi connectivity index (χ3n) is 3.22. The van der Waals surface area contributed by atoms with Crippen molar-refractivity contribution >= 4 is 5.69 Å². The van der Waals surface area contributed by atoms with Crippen molar-refractivity contribution in [2.75, 3.05) is 11.9 Å². The number of aryl methyl sites for hydroxylation is 1. The molecule has 0 saturated carbocycles. The number of benzene rings is 1. The van der Waals surface area contributed by atoms with Gasteiger partial charge in [0.1, 0.15) is 0 Å². The lowest BCUT2D eigenvalue weighted by Gasteiger charge is -2.09. The first-order valence-corrected chi connectivity index (χ1v) is 6.30. The first-order chi connectivity index (χ1) is 8.83. The molecule has 0 bridgehead atoms. The number of fused-ring (bicyclic) bond motifs is 1. The molecule has 1 aliphatic rings. The van der Waals surface area contributed by atoms with Crippen molar-refractivity contribution in [2.24, 2.45) is 0 Å². The highest BCUT2D eigenvalue weighted by atomic mass is 16.5. The zero-order chi connectivity index (χ0) is 12.4. The zero-order valence-corrected chi connectivity index (χ0v) is 10.5. The van der Waals surface area contributed by atoms with E-state index in [1.807, 2.05) is 13.0 Å². The van der Waals surface area contributed by atoms with Crippen molar-refractivity contribution in [2.45, 2.75) is 26.4 Å². The van der Waals surface area contributed by atoms with Crippen molar-refractivity contribution < 1.29 is 4.52 Å². The second-order valence-electron chi connectivity index (χ2n) is 4.67. The average molecular weight is 243 g/mol. The van der Waals surface area contributed by atoms with Crippen LogP contribution in [0.4, 0.5) is 5.69 Å². The molecule has 4 nitrogen and oxygen atoms in total. The summed E-state index contributed by atoms with van der Waals surface area (Å²) < 4.78 is 5.17. The molecule has 0 radical (unpaired) electrons. The van der Waals surface area contributed by atoms with Crippen molar-refractivity contribution in [3.63, 3.8) is 0 Å². The number of rotatable bonds is 4. The Morgan fingerprint density at radius 3 is 3.17 bits per heavy atom. The molecule has 0 saturated heterocycles. The molecule has 94 valence electrons. The van der Waals surface area contributed by atoms with Gasteiger partial charge in [-0.05, 0) is 24.5 Å². The third-order valence-corrected chi connectivity index (χ3v) is 3.22. The molecule has 0 fully saturated rings. The third kappa shape index (κ3) is 2.24. The van der Waals surface area contributed by atoms with E-state index >= 15 is 0 Å². The highest BCUT2D eigenvalue weighted by Crippen LogP contribution is 2.26. The fourth-order valence-corrected chi connectivity index (χ4v) is 2.38. The molecule has 0 aliphatic carbocycles. The molecule has 2 aromatic rings. The predicted octanol–water partition coefficient (Wildman–Crippen LogP) is 2.24.